The van der Waals surface area contributed by atoms with Crippen molar-refractivity contribution in [3.63, 3.8) is 0 Å². The Morgan fingerprint density at radius 2 is 1.84 bits per heavy atom. The van der Waals surface area contributed by atoms with Gasteiger partial charge in [-0.3, -0.25) is 4.90 Å². The maximum absolute atomic E-state index is 9.59. The molecule has 1 aromatic carbocycles. The van der Waals surface area contributed by atoms with Crippen LogP contribution in [0.1, 0.15) is 63.1 Å². The number of hydrogen-bond acceptors (Lipinski definition) is 2. The average molecular weight is 261 g/mol. The molecule has 1 atom stereocenters. The second-order valence-electron chi connectivity index (χ2n) is 5.68. The molecule has 0 saturated heterocycles. The maximum Gasteiger partial charge on any atom is 0.115 e. The SMILES string of the molecule is CCCCN(CCCC)C1CCc2cc(O)ccc21. The third-order valence-electron chi connectivity index (χ3n) is 4.21. The summed E-state index contributed by atoms with van der Waals surface area (Å²) < 4.78 is 0. The van der Waals surface area contributed by atoms with E-state index in [0.29, 0.717) is 11.8 Å². The van der Waals surface area contributed by atoms with E-state index in [1.165, 1.54) is 56.3 Å². The highest BCUT2D eigenvalue weighted by molar-refractivity contribution is 5.40. The molecular weight excluding hydrogens is 234 g/mol. The van der Waals surface area contributed by atoms with Gasteiger partial charge in [0, 0.05) is 6.04 Å². The number of hydrogen-bond donors (Lipinski definition) is 1. The lowest BCUT2D eigenvalue weighted by molar-refractivity contribution is 0.190. The zero-order valence-electron chi connectivity index (χ0n) is 12.4. The number of aromatic hydroxyl groups is 1. The molecule has 2 heteroatoms. The number of benzene rings is 1. The van der Waals surface area contributed by atoms with Crippen molar-refractivity contribution in [3.05, 3.63) is 29.3 Å². The molecule has 1 aliphatic rings. The zero-order chi connectivity index (χ0) is 13.7. The Morgan fingerprint density at radius 1 is 1.16 bits per heavy atom. The van der Waals surface area contributed by atoms with Gasteiger partial charge in [0.2, 0.25) is 0 Å². The highest BCUT2D eigenvalue weighted by Crippen LogP contribution is 2.37. The van der Waals surface area contributed by atoms with Crippen LogP contribution < -0.4 is 0 Å². The van der Waals surface area contributed by atoms with Crippen molar-refractivity contribution >= 4 is 0 Å². The molecule has 0 radical (unpaired) electrons. The topological polar surface area (TPSA) is 23.5 Å². The first-order valence-electron chi connectivity index (χ1n) is 7.82. The van der Waals surface area contributed by atoms with E-state index in [-0.39, 0.29) is 0 Å². The fraction of sp³-hybridized carbons (Fsp3) is 0.647. The van der Waals surface area contributed by atoms with Gasteiger partial charge < -0.3 is 5.11 Å². The summed E-state index contributed by atoms with van der Waals surface area (Å²) in [7, 11) is 0. The van der Waals surface area contributed by atoms with Gasteiger partial charge in [0.15, 0.2) is 0 Å². The summed E-state index contributed by atoms with van der Waals surface area (Å²) in [6.45, 7) is 6.94. The van der Waals surface area contributed by atoms with Crippen molar-refractivity contribution < 1.29 is 5.11 Å². The number of phenols is 1. The van der Waals surface area contributed by atoms with Gasteiger partial charge in [-0.2, -0.15) is 0 Å². The Kier molecular flexibility index (Phi) is 5.26. The van der Waals surface area contributed by atoms with E-state index in [0.717, 1.165) is 6.42 Å². The average Bonchev–Trinajstić information content (AvgIpc) is 2.82. The van der Waals surface area contributed by atoms with Crippen LogP contribution in [0.4, 0.5) is 0 Å². The van der Waals surface area contributed by atoms with E-state index in [4.69, 9.17) is 0 Å². The van der Waals surface area contributed by atoms with Crippen LogP contribution in [0.3, 0.4) is 0 Å². The lowest BCUT2D eigenvalue weighted by Gasteiger charge is -2.29. The molecule has 2 rings (SSSR count). The van der Waals surface area contributed by atoms with Crippen LogP contribution in [0.25, 0.3) is 0 Å². The normalized spacial score (nSPS) is 17.9. The standard InChI is InChI=1S/C17H27NO/c1-3-5-11-18(12-6-4-2)17-10-7-14-13-15(19)8-9-16(14)17/h8-9,13,17,19H,3-7,10-12H2,1-2H3. The molecule has 0 heterocycles. The second kappa shape index (κ2) is 6.95. The van der Waals surface area contributed by atoms with Crippen molar-refractivity contribution in [1.29, 1.82) is 0 Å². The molecule has 0 aliphatic heterocycles. The Morgan fingerprint density at radius 3 is 2.47 bits per heavy atom. The number of rotatable bonds is 7. The molecular formula is C17H27NO. The van der Waals surface area contributed by atoms with Gasteiger partial charge in [-0.05, 0) is 62.0 Å². The highest BCUT2D eigenvalue weighted by atomic mass is 16.3. The van der Waals surface area contributed by atoms with Gasteiger partial charge in [-0.25, -0.2) is 0 Å². The van der Waals surface area contributed by atoms with Gasteiger partial charge in [0.25, 0.3) is 0 Å². The van der Waals surface area contributed by atoms with Gasteiger partial charge in [0.05, 0.1) is 0 Å². The van der Waals surface area contributed by atoms with Crippen LogP contribution in [-0.2, 0) is 6.42 Å². The van der Waals surface area contributed by atoms with Crippen molar-refractivity contribution in [2.45, 2.75) is 58.4 Å². The number of unbranched alkanes of at least 4 members (excludes halogenated alkanes) is 2. The summed E-state index contributed by atoms with van der Waals surface area (Å²) in [5.74, 6) is 0.410. The molecule has 1 N–H and O–H groups in total. The van der Waals surface area contributed by atoms with E-state index < -0.39 is 0 Å². The second-order valence-corrected chi connectivity index (χ2v) is 5.68. The summed E-state index contributed by atoms with van der Waals surface area (Å²) >= 11 is 0. The van der Waals surface area contributed by atoms with Crippen LogP contribution in [-0.4, -0.2) is 23.1 Å². The minimum atomic E-state index is 0.410. The fourth-order valence-corrected chi connectivity index (χ4v) is 3.11. The third kappa shape index (κ3) is 3.50. The predicted molar refractivity (Wildman–Crippen MR) is 80.6 cm³/mol. The molecule has 0 bridgehead atoms. The molecule has 0 saturated carbocycles. The van der Waals surface area contributed by atoms with Crippen molar-refractivity contribution in [2.75, 3.05) is 13.1 Å². The maximum atomic E-state index is 9.59. The molecule has 1 aromatic rings. The number of nitrogens with zero attached hydrogens (tertiary/aromatic N) is 1. The first kappa shape index (κ1) is 14.4. The van der Waals surface area contributed by atoms with Crippen LogP contribution in [0.2, 0.25) is 0 Å². The minimum Gasteiger partial charge on any atom is -0.508 e. The minimum absolute atomic E-state index is 0.410. The van der Waals surface area contributed by atoms with Gasteiger partial charge in [-0.15, -0.1) is 0 Å². The zero-order valence-corrected chi connectivity index (χ0v) is 12.4. The molecule has 2 nitrogen and oxygen atoms in total. The van der Waals surface area contributed by atoms with Crippen LogP contribution >= 0.6 is 0 Å². The predicted octanol–water partition coefficient (Wildman–Crippen LogP) is 4.28. The summed E-state index contributed by atoms with van der Waals surface area (Å²) in [6.07, 6.45) is 7.42. The summed E-state index contributed by atoms with van der Waals surface area (Å²) in [5.41, 5.74) is 2.80. The number of phenolic OH excluding ortho intramolecular Hbond substituents is 1. The summed E-state index contributed by atoms with van der Waals surface area (Å²) in [5, 5.41) is 9.59. The lowest BCUT2D eigenvalue weighted by Crippen LogP contribution is -2.29. The Hall–Kier alpha value is -1.02. The quantitative estimate of drug-likeness (QED) is 0.792. The molecule has 0 spiro atoms. The molecule has 0 aromatic heterocycles. The molecule has 0 amide bonds. The molecule has 106 valence electrons. The molecule has 1 unspecified atom stereocenters. The highest BCUT2D eigenvalue weighted by Gasteiger charge is 2.27. The van der Waals surface area contributed by atoms with Gasteiger partial charge in [0.1, 0.15) is 5.75 Å². The molecule has 0 fully saturated rings. The van der Waals surface area contributed by atoms with Crippen LogP contribution in [0.15, 0.2) is 18.2 Å². The van der Waals surface area contributed by atoms with E-state index in [1.807, 2.05) is 12.1 Å². The van der Waals surface area contributed by atoms with E-state index in [9.17, 15) is 5.11 Å². The first-order chi connectivity index (χ1) is 9.26. The van der Waals surface area contributed by atoms with E-state index in [1.54, 1.807) is 0 Å². The van der Waals surface area contributed by atoms with E-state index in [2.05, 4.69) is 24.8 Å². The third-order valence-corrected chi connectivity index (χ3v) is 4.21. The number of aryl methyl sites for hydroxylation is 1. The van der Waals surface area contributed by atoms with Gasteiger partial charge in [-0.1, -0.05) is 32.8 Å². The summed E-state index contributed by atoms with van der Waals surface area (Å²) in [6, 6.07) is 6.50. The molecule has 1 aliphatic carbocycles. The smallest absolute Gasteiger partial charge is 0.115 e. The van der Waals surface area contributed by atoms with Crippen LogP contribution in [0, 0.1) is 0 Å². The Labute approximate surface area is 117 Å². The van der Waals surface area contributed by atoms with Crippen LogP contribution in [0.5, 0.6) is 5.75 Å². The first-order valence-corrected chi connectivity index (χ1v) is 7.82. The van der Waals surface area contributed by atoms with Crippen molar-refractivity contribution in [2.24, 2.45) is 0 Å². The summed E-state index contributed by atoms with van der Waals surface area (Å²) in [4.78, 5) is 2.66. The van der Waals surface area contributed by atoms with Crippen molar-refractivity contribution in [3.8, 4) is 5.75 Å². The van der Waals surface area contributed by atoms with Crippen molar-refractivity contribution in [1.82, 2.24) is 4.90 Å². The molecule has 19 heavy (non-hydrogen) atoms. The van der Waals surface area contributed by atoms with Gasteiger partial charge >= 0.3 is 0 Å². The lowest BCUT2D eigenvalue weighted by atomic mass is 10.1. The van der Waals surface area contributed by atoms with E-state index >= 15 is 0 Å². The Bertz CT molecular complexity index is 394. The fourth-order valence-electron chi connectivity index (χ4n) is 3.11. The Balaban J connectivity index is 2.10. The number of fused-ring (bicyclic) bond motifs is 1. The monoisotopic (exact) mass is 261 g/mol. The largest absolute Gasteiger partial charge is 0.508 e.